The van der Waals surface area contributed by atoms with E-state index in [1.54, 1.807) is 0 Å². The third-order valence-corrected chi connectivity index (χ3v) is 4.41. The summed E-state index contributed by atoms with van der Waals surface area (Å²) in [5.74, 6) is 1.63. The van der Waals surface area contributed by atoms with Gasteiger partial charge in [-0.2, -0.15) is 0 Å². The van der Waals surface area contributed by atoms with Gasteiger partial charge in [0.25, 0.3) is 0 Å². The highest BCUT2D eigenvalue weighted by atomic mass is 16.5. The quantitative estimate of drug-likeness (QED) is 0.324. The molecule has 0 unspecified atom stereocenters. The molecule has 0 aliphatic heterocycles. The van der Waals surface area contributed by atoms with Crippen LogP contribution in [-0.4, -0.2) is 25.8 Å². The van der Waals surface area contributed by atoms with E-state index >= 15 is 0 Å². The Labute approximate surface area is 162 Å². The minimum atomic E-state index is -0.204. The zero-order chi connectivity index (χ0) is 19.3. The first kappa shape index (κ1) is 21.1. The Morgan fingerprint density at radius 2 is 1.26 bits per heavy atom. The summed E-state index contributed by atoms with van der Waals surface area (Å²) in [4.78, 5) is 10.7. The van der Waals surface area contributed by atoms with Crippen LogP contribution in [0.25, 0.3) is 10.8 Å². The molecule has 0 N–H and O–H groups in total. The second-order valence-electron chi connectivity index (χ2n) is 6.83. The Balaban J connectivity index is 1.70. The van der Waals surface area contributed by atoms with E-state index in [0.29, 0.717) is 13.2 Å². The summed E-state index contributed by atoms with van der Waals surface area (Å²) in [6, 6.07) is 12.4. The largest absolute Gasteiger partial charge is 0.494 e. The molecule has 0 aliphatic rings. The third-order valence-electron chi connectivity index (χ3n) is 4.41. The molecule has 0 heterocycles. The minimum absolute atomic E-state index is 0.204. The first-order chi connectivity index (χ1) is 13.2. The number of ether oxygens (including phenoxy) is 3. The standard InChI is InChI=1S/C23H32O4/c1-3-4-7-15-26-22-12-10-21-18-23(13-11-20(21)17-22)27-16-9-6-5-8-14-25-19(2)24/h10-13,17-18H,3-9,14-16H2,1-2H3. The lowest BCUT2D eigenvalue weighted by atomic mass is 10.1. The molecule has 4 heteroatoms. The summed E-state index contributed by atoms with van der Waals surface area (Å²) in [6.45, 7) is 5.64. The van der Waals surface area contributed by atoms with Crippen molar-refractivity contribution in [3.05, 3.63) is 36.4 Å². The van der Waals surface area contributed by atoms with Crippen LogP contribution in [0.3, 0.4) is 0 Å². The highest BCUT2D eigenvalue weighted by Crippen LogP contribution is 2.25. The van der Waals surface area contributed by atoms with Crippen LogP contribution in [0, 0.1) is 0 Å². The van der Waals surface area contributed by atoms with Crippen molar-refractivity contribution in [3.8, 4) is 11.5 Å². The molecular formula is C23H32O4. The van der Waals surface area contributed by atoms with E-state index in [9.17, 15) is 4.79 Å². The van der Waals surface area contributed by atoms with Gasteiger partial charge < -0.3 is 14.2 Å². The molecule has 0 radical (unpaired) electrons. The van der Waals surface area contributed by atoms with Crippen LogP contribution in [-0.2, 0) is 9.53 Å². The van der Waals surface area contributed by atoms with Crippen molar-refractivity contribution in [3.63, 3.8) is 0 Å². The average molecular weight is 373 g/mol. The number of benzene rings is 2. The summed E-state index contributed by atoms with van der Waals surface area (Å²) in [5, 5.41) is 2.33. The van der Waals surface area contributed by atoms with Crippen LogP contribution in [0.4, 0.5) is 0 Å². The van der Waals surface area contributed by atoms with Gasteiger partial charge >= 0.3 is 5.97 Å². The first-order valence-corrected chi connectivity index (χ1v) is 10.1. The average Bonchev–Trinajstić information content (AvgIpc) is 2.67. The molecule has 2 aromatic carbocycles. The zero-order valence-corrected chi connectivity index (χ0v) is 16.7. The number of hydrogen-bond donors (Lipinski definition) is 0. The summed E-state index contributed by atoms with van der Waals surface area (Å²) >= 11 is 0. The molecule has 27 heavy (non-hydrogen) atoms. The molecule has 2 aromatic rings. The summed E-state index contributed by atoms with van der Waals surface area (Å²) in [5.41, 5.74) is 0. The molecule has 0 aliphatic carbocycles. The molecule has 148 valence electrons. The zero-order valence-electron chi connectivity index (χ0n) is 16.7. The lowest BCUT2D eigenvalue weighted by Gasteiger charge is -2.09. The van der Waals surface area contributed by atoms with E-state index < -0.39 is 0 Å². The van der Waals surface area contributed by atoms with Gasteiger partial charge in [-0.05, 0) is 67.1 Å². The number of hydrogen-bond acceptors (Lipinski definition) is 4. The number of unbranched alkanes of at least 4 members (excludes halogenated alkanes) is 5. The molecule has 0 aromatic heterocycles. The van der Waals surface area contributed by atoms with Crippen molar-refractivity contribution in [2.24, 2.45) is 0 Å². The van der Waals surface area contributed by atoms with Crippen molar-refractivity contribution in [2.75, 3.05) is 19.8 Å². The van der Waals surface area contributed by atoms with Crippen LogP contribution in [0.15, 0.2) is 36.4 Å². The molecule has 0 saturated heterocycles. The molecular weight excluding hydrogens is 340 g/mol. The van der Waals surface area contributed by atoms with E-state index in [2.05, 4.69) is 31.2 Å². The molecule has 0 bridgehead atoms. The highest BCUT2D eigenvalue weighted by Gasteiger charge is 2.01. The van der Waals surface area contributed by atoms with Gasteiger partial charge in [0.2, 0.25) is 0 Å². The molecule has 0 spiro atoms. The molecule has 0 fully saturated rings. The van der Waals surface area contributed by atoms with E-state index in [1.165, 1.54) is 25.2 Å². The van der Waals surface area contributed by atoms with Crippen LogP contribution in [0.1, 0.15) is 58.8 Å². The molecule has 0 atom stereocenters. The monoisotopic (exact) mass is 372 g/mol. The third kappa shape index (κ3) is 8.33. The SMILES string of the molecule is CCCCCOc1ccc2cc(OCCCCCCOC(C)=O)ccc2c1. The van der Waals surface area contributed by atoms with Gasteiger partial charge in [-0.1, -0.05) is 31.9 Å². The fraction of sp³-hybridized carbons (Fsp3) is 0.522. The first-order valence-electron chi connectivity index (χ1n) is 10.1. The van der Waals surface area contributed by atoms with Crippen LogP contribution >= 0.6 is 0 Å². The molecule has 4 nitrogen and oxygen atoms in total. The predicted molar refractivity (Wildman–Crippen MR) is 110 cm³/mol. The topological polar surface area (TPSA) is 44.8 Å². The van der Waals surface area contributed by atoms with Gasteiger partial charge in [0, 0.05) is 6.92 Å². The van der Waals surface area contributed by atoms with Gasteiger partial charge in [0.15, 0.2) is 0 Å². The fourth-order valence-corrected chi connectivity index (χ4v) is 2.89. The summed E-state index contributed by atoms with van der Waals surface area (Å²) in [7, 11) is 0. The van der Waals surface area contributed by atoms with Gasteiger partial charge in [-0.25, -0.2) is 0 Å². The van der Waals surface area contributed by atoms with Crippen LogP contribution in [0.2, 0.25) is 0 Å². The maximum atomic E-state index is 10.7. The molecule has 0 saturated carbocycles. The predicted octanol–water partition coefficient (Wildman–Crippen LogP) is 5.91. The summed E-state index contributed by atoms with van der Waals surface area (Å²) < 4.78 is 16.6. The normalized spacial score (nSPS) is 10.7. The number of carbonyl (C=O) groups is 1. The van der Waals surface area contributed by atoms with E-state index in [1.807, 2.05) is 12.1 Å². The van der Waals surface area contributed by atoms with E-state index in [0.717, 1.165) is 55.6 Å². The van der Waals surface area contributed by atoms with Gasteiger partial charge in [0.1, 0.15) is 11.5 Å². The second kappa shape index (κ2) is 12.2. The number of fused-ring (bicyclic) bond motifs is 1. The van der Waals surface area contributed by atoms with Crippen molar-refractivity contribution in [2.45, 2.75) is 58.8 Å². The summed E-state index contributed by atoms with van der Waals surface area (Å²) in [6.07, 6.45) is 7.56. The molecule has 2 rings (SSSR count). The minimum Gasteiger partial charge on any atom is -0.494 e. The Kier molecular flexibility index (Phi) is 9.53. The van der Waals surface area contributed by atoms with Crippen molar-refractivity contribution in [1.82, 2.24) is 0 Å². The smallest absolute Gasteiger partial charge is 0.302 e. The Morgan fingerprint density at radius 3 is 1.78 bits per heavy atom. The molecule has 0 amide bonds. The van der Waals surface area contributed by atoms with Crippen molar-refractivity contribution >= 4 is 16.7 Å². The van der Waals surface area contributed by atoms with Crippen LogP contribution in [0.5, 0.6) is 11.5 Å². The maximum absolute atomic E-state index is 10.7. The lowest BCUT2D eigenvalue weighted by Crippen LogP contribution is -2.01. The van der Waals surface area contributed by atoms with Crippen LogP contribution < -0.4 is 9.47 Å². The number of esters is 1. The van der Waals surface area contributed by atoms with Gasteiger partial charge in [-0.15, -0.1) is 0 Å². The number of carbonyl (C=O) groups excluding carboxylic acids is 1. The Hall–Kier alpha value is -2.23. The van der Waals surface area contributed by atoms with Gasteiger partial charge in [0.05, 0.1) is 19.8 Å². The van der Waals surface area contributed by atoms with Gasteiger partial charge in [-0.3, -0.25) is 4.79 Å². The van der Waals surface area contributed by atoms with E-state index in [-0.39, 0.29) is 5.97 Å². The van der Waals surface area contributed by atoms with Crippen molar-refractivity contribution in [1.29, 1.82) is 0 Å². The second-order valence-corrected chi connectivity index (χ2v) is 6.83. The maximum Gasteiger partial charge on any atom is 0.302 e. The fourth-order valence-electron chi connectivity index (χ4n) is 2.89. The van der Waals surface area contributed by atoms with Crippen molar-refractivity contribution < 1.29 is 19.0 Å². The Morgan fingerprint density at radius 1 is 0.741 bits per heavy atom. The van der Waals surface area contributed by atoms with E-state index in [4.69, 9.17) is 14.2 Å². The lowest BCUT2D eigenvalue weighted by molar-refractivity contribution is -0.141. The number of rotatable bonds is 13. The Bertz CT molecular complexity index is 696. The highest BCUT2D eigenvalue weighted by molar-refractivity contribution is 5.85.